The molecule has 0 aromatic heterocycles. The highest BCUT2D eigenvalue weighted by Crippen LogP contribution is 2.31. The topological polar surface area (TPSA) is 44.5 Å². The zero-order valence-corrected chi connectivity index (χ0v) is 12.9. The highest BCUT2D eigenvalue weighted by Gasteiger charge is 2.24. The van der Waals surface area contributed by atoms with Crippen molar-refractivity contribution in [1.82, 2.24) is 0 Å². The number of benzene rings is 1. The van der Waals surface area contributed by atoms with Crippen molar-refractivity contribution < 1.29 is 9.47 Å². The largest absolute Gasteiger partial charge is 0.496 e. The molecular weight excluding hydrogens is 250 g/mol. The Kier molecular flexibility index (Phi) is 5.44. The van der Waals surface area contributed by atoms with Crippen molar-refractivity contribution in [2.75, 3.05) is 7.11 Å². The monoisotopic (exact) mass is 277 g/mol. The molecule has 3 unspecified atom stereocenters. The lowest BCUT2D eigenvalue weighted by Gasteiger charge is -2.32. The van der Waals surface area contributed by atoms with Crippen molar-refractivity contribution in [3.63, 3.8) is 0 Å². The summed E-state index contributed by atoms with van der Waals surface area (Å²) in [6, 6.07) is 6.15. The first kappa shape index (κ1) is 15.3. The van der Waals surface area contributed by atoms with E-state index in [1.807, 2.05) is 12.1 Å². The molecule has 0 bridgehead atoms. The predicted molar refractivity (Wildman–Crippen MR) is 81.6 cm³/mol. The molecule has 0 aliphatic heterocycles. The second kappa shape index (κ2) is 7.09. The van der Waals surface area contributed by atoms with Gasteiger partial charge in [0.05, 0.1) is 19.8 Å². The van der Waals surface area contributed by atoms with Crippen molar-refractivity contribution in [2.24, 2.45) is 17.6 Å². The Morgan fingerprint density at radius 3 is 2.65 bits per heavy atom. The van der Waals surface area contributed by atoms with Crippen molar-refractivity contribution in [1.29, 1.82) is 0 Å². The third-order valence-electron chi connectivity index (χ3n) is 4.61. The molecule has 0 amide bonds. The van der Waals surface area contributed by atoms with Crippen LogP contribution < -0.4 is 10.5 Å². The minimum atomic E-state index is 0.404. The molecule has 112 valence electrons. The van der Waals surface area contributed by atoms with Gasteiger partial charge in [-0.3, -0.25) is 0 Å². The molecule has 2 rings (SSSR count). The molecule has 3 heteroatoms. The van der Waals surface area contributed by atoms with Crippen molar-refractivity contribution in [2.45, 2.75) is 52.4 Å². The lowest BCUT2D eigenvalue weighted by molar-refractivity contribution is -0.00750. The summed E-state index contributed by atoms with van der Waals surface area (Å²) in [5, 5.41) is 0. The number of ether oxygens (including phenoxy) is 2. The van der Waals surface area contributed by atoms with Gasteiger partial charge in [0.2, 0.25) is 0 Å². The van der Waals surface area contributed by atoms with Crippen LogP contribution in [0.15, 0.2) is 18.2 Å². The zero-order chi connectivity index (χ0) is 14.5. The molecule has 1 saturated carbocycles. The Morgan fingerprint density at radius 1 is 1.20 bits per heavy atom. The minimum absolute atomic E-state index is 0.404. The summed E-state index contributed by atoms with van der Waals surface area (Å²) in [5.41, 5.74) is 7.88. The van der Waals surface area contributed by atoms with Gasteiger partial charge in [-0.2, -0.15) is 0 Å². The molecule has 20 heavy (non-hydrogen) atoms. The van der Waals surface area contributed by atoms with Gasteiger partial charge in [0.25, 0.3) is 0 Å². The van der Waals surface area contributed by atoms with E-state index in [0.29, 0.717) is 19.3 Å². The number of rotatable bonds is 5. The molecule has 3 nitrogen and oxygen atoms in total. The maximum Gasteiger partial charge on any atom is 0.123 e. The Bertz CT molecular complexity index is 433. The van der Waals surface area contributed by atoms with E-state index in [1.54, 1.807) is 7.11 Å². The molecule has 3 atom stereocenters. The summed E-state index contributed by atoms with van der Waals surface area (Å²) in [7, 11) is 1.68. The van der Waals surface area contributed by atoms with E-state index in [2.05, 4.69) is 19.9 Å². The first-order valence-corrected chi connectivity index (χ1v) is 7.61. The van der Waals surface area contributed by atoms with Crippen LogP contribution in [0.3, 0.4) is 0 Å². The fourth-order valence-electron chi connectivity index (χ4n) is 2.91. The van der Waals surface area contributed by atoms with Crippen LogP contribution in [-0.4, -0.2) is 13.2 Å². The summed E-state index contributed by atoms with van der Waals surface area (Å²) in [5.74, 6) is 2.46. The normalized spacial score (nSPS) is 26.5. The average molecular weight is 277 g/mol. The number of hydrogen-bond acceptors (Lipinski definition) is 3. The van der Waals surface area contributed by atoms with Crippen LogP contribution >= 0.6 is 0 Å². The van der Waals surface area contributed by atoms with Crippen LogP contribution in [0.5, 0.6) is 5.75 Å². The molecule has 1 aromatic carbocycles. The second-order valence-corrected chi connectivity index (χ2v) is 6.05. The molecule has 0 saturated heterocycles. The number of hydrogen-bond donors (Lipinski definition) is 1. The molecule has 2 N–H and O–H groups in total. The molecular formula is C17H27NO2. The van der Waals surface area contributed by atoms with Crippen LogP contribution in [0, 0.1) is 11.8 Å². The maximum atomic E-state index is 6.07. The van der Waals surface area contributed by atoms with Gasteiger partial charge in [-0.25, -0.2) is 0 Å². The van der Waals surface area contributed by atoms with E-state index in [-0.39, 0.29) is 0 Å². The van der Waals surface area contributed by atoms with Gasteiger partial charge in [0, 0.05) is 12.1 Å². The lowest BCUT2D eigenvalue weighted by atomic mass is 9.80. The highest BCUT2D eigenvalue weighted by molar-refractivity contribution is 5.37. The average Bonchev–Trinajstić information content (AvgIpc) is 2.48. The molecule has 1 aromatic rings. The Morgan fingerprint density at radius 2 is 2.00 bits per heavy atom. The van der Waals surface area contributed by atoms with Crippen LogP contribution in [0.4, 0.5) is 0 Å². The summed E-state index contributed by atoms with van der Waals surface area (Å²) in [4.78, 5) is 0. The van der Waals surface area contributed by atoms with E-state index in [1.165, 1.54) is 19.3 Å². The minimum Gasteiger partial charge on any atom is -0.496 e. The molecule has 1 aliphatic rings. The van der Waals surface area contributed by atoms with E-state index < -0.39 is 0 Å². The Hall–Kier alpha value is -1.06. The van der Waals surface area contributed by atoms with Gasteiger partial charge in [-0.05, 0) is 42.7 Å². The van der Waals surface area contributed by atoms with Crippen molar-refractivity contribution in [3.8, 4) is 5.75 Å². The van der Waals surface area contributed by atoms with Crippen molar-refractivity contribution in [3.05, 3.63) is 29.3 Å². The summed E-state index contributed by atoms with van der Waals surface area (Å²) >= 11 is 0. The van der Waals surface area contributed by atoms with E-state index in [0.717, 1.165) is 28.7 Å². The van der Waals surface area contributed by atoms with E-state index in [9.17, 15) is 0 Å². The van der Waals surface area contributed by atoms with Gasteiger partial charge in [-0.15, -0.1) is 0 Å². The van der Waals surface area contributed by atoms with Gasteiger partial charge in [0.15, 0.2) is 0 Å². The molecule has 0 radical (unpaired) electrons. The molecule has 1 aliphatic carbocycles. The third-order valence-corrected chi connectivity index (χ3v) is 4.61. The van der Waals surface area contributed by atoms with E-state index >= 15 is 0 Å². The molecule has 1 fully saturated rings. The zero-order valence-electron chi connectivity index (χ0n) is 12.9. The summed E-state index contributed by atoms with van der Waals surface area (Å²) in [6.45, 7) is 5.84. The highest BCUT2D eigenvalue weighted by atomic mass is 16.5. The Labute approximate surface area is 122 Å². The summed E-state index contributed by atoms with van der Waals surface area (Å²) in [6.07, 6.45) is 4.05. The fraction of sp³-hybridized carbons (Fsp3) is 0.647. The number of methoxy groups -OCH3 is 1. The van der Waals surface area contributed by atoms with Crippen molar-refractivity contribution >= 4 is 0 Å². The fourth-order valence-corrected chi connectivity index (χ4v) is 2.91. The quantitative estimate of drug-likeness (QED) is 0.896. The molecule has 0 spiro atoms. The predicted octanol–water partition coefficient (Wildman–Crippen LogP) is 3.50. The summed E-state index contributed by atoms with van der Waals surface area (Å²) < 4.78 is 11.4. The van der Waals surface area contributed by atoms with Gasteiger partial charge >= 0.3 is 0 Å². The Balaban J connectivity index is 1.91. The maximum absolute atomic E-state index is 6.07. The lowest BCUT2D eigenvalue weighted by Crippen LogP contribution is -2.26. The van der Waals surface area contributed by atoms with Gasteiger partial charge < -0.3 is 15.2 Å². The van der Waals surface area contributed by atoms with Crippen LogP contribution in [-0.2, 0) is 17.9 Å². The smallest absolute Gasteiger partial charge is 0.123 e. The van der Waals surface area contributed by atoms with Crippen LogP contribution in [0.25, 0.3) is 0 Å². The first-order valence-electron chi connectivity index (χ1n) is 7.61. The van der Waals surface area contributed by atoms with Gasteiger partial charge in [-0.1, -0.05) is 26.0 Å². The second-order valence-electron chi connectivity index (χ2n) is 6.05. The van der Waals surface area contributed by atoms with Crippen LogP contribution in [0.2, 0.25) is 0 Å². The number of nitrogens with two attached hydrogens (primary N) is 1. The standard InChI is InChI=1S/C17H27NO2/c1-12-4-7-16(8-13(12)2)20-11-14-5-6-15(10-18)17(9-14)19-3/h5-6,9,12-13,16H,4,7-8,10-11,18H2,1-3H3. The SMILES string of the molecule is COc1cc(COC2CCC(C)C(C)C2)ccc1CN. The molecule has 0 heterocycles. The first-order chi connectivity index (χ1) is 9.63. The van der Waals surface area contributed by atoms with E-state index in [4.69, 9.17) is 15.2 Å². The third kappa shape index (κ3) is 3.74. The van der Waals surface area contributed by atoms with Gasteiger partial charge in [0.1, 0.15) is 5.75 Å². The van der Waals surface area contributed by atoms with Crippen LogP contribution in [0.1, 0.15) is 44.2 Å².